The van der Waals surface area contributed by atoms with E-state index in [2.05, 4.69) is 30.6 Å². The Morgan fingerprint density at radius 3 is 2.68 bits per heavy atom. The van der Waals surface area contributed by atoms with Crippen LogP contribution in [-0.2, 0) is 10.0 Å². The smallest absolute Gasteiger partial charge is 0.232 e. The number of rotatable bonds is 7. The Labute approximate surface area is 164 Å². The zero-order valence-electron chi connectivity index (χ0n) is 13.0. The molecule has 2 rings (SSSR count). The zero-order valence-corrected chi connectivity index (χ0v) is 17.0. The maximum absolute atomic E-state index is 12.7. The summed E-state index contributed by atoms with van der Waals surface area (Å²) in [6, 6.07) is 6.11. The van der Waals surface area contributed by atoms with Gasteiger partial charge in [0, 0.05) is 11.8 Å². The van der Waals surface area contributed by atoms with E-state index in [1.54, 1.807) is 19.1 Å². The minimum Gasteiger partial charge on any atom is -0.292 e. The van der Waals surface area contributed by atoms with Crippen molar-refractivity contribution in [3.8, 4) is 0 Å². The standard InChI is InChI=1S/C15H14BrCl2N3O3S/c1-2-8-25(23,24)21-11-5-3-4-9(13(11)17)14(22)12(16)10-6-7-19-15(18)20-10/h3-7,12,21H,2,8H2,1H3/t12-/m0/s1. The Morgan fingerprint density at radius 2 is 2.04 bits per heavy atom. The van der Waals surface area contributed by atoms with Crippen LogP contribution in [0.25, 0.3) is 0 Å². The van der Waals surface area contributed by atoms with Crippen molar-refractivity contribution in [2.75, 3.05) is 10.5 Å². The van der Waals surface area contributed by atoms with Gasteiger partial charge in [-0.2, -0.15) is 0 Å². The van der Waals surface area contributed by atoms with E-state index in [9.17, 15) is 13.2 Å². The van der Waals surface area contributed by atoms with Crippen molar-refractivity contribution < 1.29 is 13.2 Å². The van der Waals surface area contributed by atoms with E-state index in [-0.39, 0.29) is 33.1 Å². The molecule has 0 aliphatic rings. The fraction of sp³-hybridized carbons (Fsp3) is 0.267. The monoisotopic (exact) mass is 465 g/mol. The van der Waals surface area contributed by atoms with Crippen LogP contribution in [0.15, 0.2) is 30.5 Å². The molecule has 1 N–H and O–H groups in total. The zero-order chi connectivity index (χ0) is 18.6. The van der Waals surface area contributed by atoms with Crippen molar-refractivity contribution in [2.24, 2.45) is 0 Å². The summed E-state index contributed by atoms with van der Waals surface area (Å²) in [5, 5.41) is 0.0405. The molecule has 0 saturated carbocycles. The fourth-order valence-electron chi connectivity index (χ4n) is 2.05. The quantitative estimate of drug-likeness (QED) is 0.374. The average Bonchev–Trinajstić information content (AvgIpc) is 2.55. The summed E-state index contributed by atoms with van der Waals surface area (Å²) < 4.78 is 26.3. The topological polar surface area (TPSA) is 89.0 Å². The van der Waals surface area contributed by atoms with E-state index < -0.39 is 14.9 Å². The molecule has 0 radical (unpaired) electrons. The van der Waals surface area contributed by atoms with Crippen molar-refractivity contribution >= 4 is 60.6 Å². The van der Waals surface area contributed by atoms with E-state index in [1.165, 1.54) is 18.3 Å². The van der Waals surface area contributed by atoms with Crippen LogP contribution in [0.3, 0.4) is 0 Å². The SMILES string of the molecule is CCCS(=O)(=O)Nc1cccc(C(=O)[C@@H](Br)c2ccnc(Cl)n2)c1Cl. The first-order chi connectivity index (χ1) is 11.7. The minimum absolute atomic E-state index is 0.0157. The molecular formula is C15H14BrCl2N3O3S. The molecule has 10 heteroatoms. The van der Waals surface area contributed by atoms with Gasteiger partial charge in [-0.25, -0.2) is 18.4 Å². The van der Waals surface area contributed by atoms with Gasteiger partial charge in [0.2, 0.25) is 15.3 Å². The van der Waals surface area contributed by atoms with Gasteiger partial charge in [-0.3, -0.25) is 9.52 Å². The summed E-state index contributed by atoms with van der Waals surface area (Å²) in [5.41, 5.74) is 0.689. The average molecular weight is 467 g/mol. The van der Waals surface area contributed by atoms with Crippen LogP contribution < -0.4 is 4.72 Å². The summed E-state index contributed by atoms with van der Waals surface area (Å²) >= 11 is 15.3. The van der Waals surface area contributed by atoms with Gasteiger partial charge in [-0.15, -0.1) is 0 Å². The summed E-state index contributed by atoms with van der Waals surface area (Å²) in [7, 11) is -3.52. The minimum atomic E-state index is -3.52. The number of anilines is 1. The van der Waals surface area contributed by atoms with Gasteiger partial charge in [-0.05, 0) is 36.2 Å². The second kappa shape index (κ2) is 8.44. The molecule has 0 bridgehead atoms. The molecule has 134 valence electrons. The lowest BCUT2D eigenvalue weighted by molar-refractivity contribution is 0.0990. The van der Waals surface area contributed by atoms with Crippen molar-refractivity contribution in [1.29, 1.82) is 0 Å². The molecule has 0 unspecified atom stereocenters. The molecule has 0 saturated heterocycles. The third kappa shape index (κ3) is 5.13. The van der Waals surface area contributed by atoms with Gasteiger partial charge in [0.1, 0.15) is 4.83 Å². The molecule has 0 fully saturated rings. The van der Waals surface area contributed by atoms with Gasteiger partial charge in [0.05, 0.1) is 22.2 Å². The number of ketones is 1. The van der Waals surface area contributed by atoms with Crippen LogP contribution in [0, 0.1) is 0 Å². The predicted octanol–water partition coefficient (Wildman–Crippen LogP) is 4.25. The number of hydrogen-bond donors (Lipinski definition) is 1. The first kappa shape index (κ1) is 20.1. The number of hydrogen-bond acceptors (Lipinski definition) is 5. The van der Waals surface area contributed by atoms with E-state index in [0.29, 0.717) is 12.1 Å². The molecule has 1 aromatic carbocycles. The number of Topliss-reactive ketones (excluding diaryl/α,β-unsaturated/α-hetero) is 1. The van der Waals surface area contributed by atoms with Crippen LogP contribution in [0.4, 0.5) is 5.69 Å². The fourth-order valence-corrected chi connectivity index (χ4v) is 4.17. The van der Waals surface area contributed by atoms with Crippen molar-refractivity contribution in [3.05, 3.63) is 52.0 Å². The highest BCUT2D eigenvalue weighted by atomic mass is 79.9. The number of carbonyl (C=O) groups is 1. The second-order valence-corrected chi connectivity index (χ2v) is 8.54. The maximum atomic E-state index is 12.7. The molecule has 1 heterocycles. The molecular weight excluding hydrogens is 453 g/mol. The van der Waals surface area contributed by atoms with Crippen molar-refractivity contribution in [1.82, 2.24) is 9.97 Å². The number of alkyl halides is 1. The highest BCUT2D eigenvalue weighted by Crippen LogP contribution is 2.33. The molecule has 2 aromatic rings. The molecule has 0 amide bonds. The Bertz CT molecular complexity index is 893. The first-order valence-electron chi connectivity index (χ1n) is 7.21. The lowest BCUT2D eigenvalue weighted by Gasteiger charge is -2.13. The summed E-state index contributed by atoms with van der Waals surface area (Å²) in [4.78, 5) is 19.7. The first-order valence-corrected chi connectivity index (χ1v) is 10.5. The number of sulfonamides is 1. The second-order valence-electron chi connectivity index (χ2n) is 5.07. The van der Waals surface area contributed by atoms with Gasteiger partial charge in [0.25, 0.3) is 0 Å². The number of nitrogens with zero attached hydrogens (tertiary/aromatic N) is 2. The highest BCUT2D eigenvalue weighted by molar-refractivity contribution is 9.09. The van der Waals surface area contributed by atoms with Gasteiger partial charge in [-0.1, -0.05) is 40.5 Å². The van der Waals surface area contributed by atoms with Crippen LogP contribution >= 0.6 is 39.1 Å². The van der Waals surface area contributed by atoms with Crippen molar-refractivity contribution in [2.45, 2.75) is 18.2 Å². The van der Waals surface area contributed by atoms with E-state index in [1.807, 2.05) is 0 Å². The van der Waals surface area contributed by atoms with Crippen LogP contribution in [0.5, 0.6) is 0 Å². The highest BCUT2D eigenvalue weighted by Gasteiger charge is 2.24. The Morgan fingerprint density at radius 1 is 1.32 bits per heavy atom. The third-order valence-electron chi connectivity index (χ3n) is 3.14. The Balaban J connectivity index is 2.33. The molecule has 25 heavy (non-hydrogen) atoms. The molecule has 0 aliphatic heterocycles. The van der Waals surface area contributed by atoms with Gasteiger partial charge in [0.15, 0.2) is 5.78 Å². The number of carbonyl (C=O) groups excluding carboxylic acids is 1. The number of nitrogens with one attached hydrogen (secondary N) is 1. The molecule has 6 nitrogen and oxygen atoms in total. The predicted molar refractivity (Wildman–Crippen MR) is 102 cm³/mol. The van der Waals surface area contributed by atoms with Crippen LogP contribution in [-0.4, -0.2) is 29.9 Å². The third-order valence-corrected chi connectivity index (χ3v) is 6.09. The largest absolute Gasteiger partial charge is 0.292 e. The summed E-state index contributed by atoms with van der Waals surface area (Å²) in [6.45, 7) is 1.75. The normalized spacial score (nSPS) is 12.6. The Kier molecular flexibility index (Phi) is 6.79. The van der Waals surface area contributed by atoms with Crippen LogP contribution in [0.2, 0.25) is 10.3 Å². The number of halogens is 3. The lowest BCUT2D eigenvalue weighted by atomic mass is 10.1. The lowest BCUT2D eigenvalue weighted by Crippen LogP contribution is -2.17. The summed E-state index contributed by atoms with van der Waals surface area (Å²) in [6.07, 6.45) is 1.90. The number of aromatic nitrogens is 2. The molecule has 0 aliphatic carbocycles. The Hall–Kier alpha value is -1.22. The van der Waals surface area contributed by atoms with E-state index >= 15 is 0 Å². The van der Waals surface area contributed by atoms with Crippen molar-refractivity contribution in [3.63, 3.8) is 0 Å². The molecule has 1 aromatic heterocycles. The number of benzene rings is 1. The van der Waals surface area contributed by atoms with Gasteiger partial charge >= 0.3 is 0 Å². The van der Waals surface area contributed by atoms with Crippen LogP contribution in [0.1, 0.15) is 34.2 Å². The van der Waals surface area contributed by atoms with Gasteiger partial charge < -0.3 is 0 Å². The molecule has 1 atom stereocenters. The summed E-state index contributed by atoms with van der Waals surface area (Å²) in [5.74, 6) is -0.418. The maximum Gasteiger partial charge on any atom is 0.232 e. The van der Waals surface area contributed by atoms with E-state index in [4.69, 9.17) is 23.2 Å². The van der Waals surface area contributed by atoms with E-state index in [0.717, 1.165) is 0 Å². The molecule has 0 spiro atoms.